The maximum Gasteiger partial charge on any atom is 0.00729 e. The average Bonchev–Trinajstić information content (AvgIpc) is 2.28. The van der Waals surface area contributed by atoms with Crippen LogP contribution < -0.4 is 5.32 Å². The van der Waals surface area contributed by atoms with Crippen LogP contribution in [0.1, 0.15) is 27.2 Å². The van der Waals surface area contributed by atoms with Crippen LogP contribution in [-0.4, -0.2) is 49.1 Å². The van der Waals surface area contributed by atoms with E-state index in [1.807, 2.05) is 0 Å². The molecule has 3 heteroatoms. The standard InChI is InChI=1S/C12H26N2S/c1-4-12(3,10-13-5-2)11-14-6-8-15-9-7-14/h13H,4-11H2,1-3H3. The number of hydrogen-bond donors (Lipinski definition) is 1. The van der Waals surface area contributed by atoms with E-state index in [-0.39, 0.29) is 0 Å². The molecule has 0 aliphatic carbocycles. The molecule has 1 rings (SSSR count). The van der Waals surface area contributed by atoms with Gasteiger partial charge < -0.3 is 10.2 Å². The summed E-state index contributed by atoms with van der Waals surface area (Å²) in [6.07, 6.45) is 1.27. The molecule has 90 valence electrons. The minimum absolute atomic E-state index is 0.456. The van der Waals surface area contributed by atoms with Crippen LogP contribution in [0.15, 0.2) is 0 Å². The van der Waals surface area contributed by atoms with E-state index in [9.17, 15) is 0 Å². The number of rotatable bonds is 6. The Bertz CT molecular complexity index is 169. The van der Waals surface area contributed by atoms with Gasteiger partial charge in [0.2, 0.25) is 0 Å². The van der Waals surface area contributed by atoms with Crippen molar-refractivity contribution in [2.24, 2.45) is 5.41 Å². The molecule has 2 nitrogen and oxygen atoms in total. The third kappa shape index (κ3) is 4.75. The molecule has 1 aliphatic heterocycles. The highest BCUT2D eigenvalue weighted by Crippen LogP contribution is 2.23. The van der Waals surface area contributed by atoms with Crippen molar-refractivity contribution in [3.05, 3.63) is 0 Å². The summed E-state index contributed by atoms with van der Waals surface area (Å²) in [7, 11) is 0. The van der Waals surface area contributed by atoms with Gasteiger partial charge in [-0.1, -0.05) is 20.8 Å². The molecule has 15 heavy (non-hydrogen) atoms. The van der Waals surface area contributed by atoms with Crippen LogP contribution in [0.3, 0.4) is 0 Å². The van der Waals surface area contributed by atoms with E-state index in [1.54, 1.807) is 0 Å². The van der Waals surface area contributed by atoms with Crippen molar-refractivity contribution < 1.29 is 0 Å². The number of nitrogens with one attached hydrogen (secondary N) is 1. The second kappa shape index (κ2) is 6.77. The molecule has 1 aliphatic rings. The fraction of sp³-hybridized carbons (Fsp3) is 1.00. The Morgan fingerprint density at radius 3 is 2.47 bits per heavy atom. The maximum atomic E-state index is 3.50. The third-order valence-electron chi connectivity index (χ3n) is 3.36. The smallest absolute Gasteiger partial charge is 0.00729 e. The summed E-state index contributed by atoms with van der Waals surface area (Å²) in [6.45, 7) is 13.0. The molecule has 1 heterocycles. The van der Waals surface area contributed by atoms with Gasteiger partial charge in [-0.3, -0.25) is 0 Å². The van der Waals surface area contributed by atoms with Crippen molar-refractivity contribution in [2.45, 2.75) is 27.2 Å². The molecule has 0 saturated carbocycles. The molecule has 1 fully saturated rings. The zero-order valence-corrected chi connectivity index (χ0v) is 11.3. The van der Waals surface area contributed by atoms with Crippen LogP contribution in [0.4, 0.5) is 0 Å². The van der Waals surface area contributed by atoms with Crippen molar-refractivity contribution in [2.75, 3.05) is 44.2 Å². The predicted octanol–water partition coefficient (Wildman–Crippen LogP) is 2.06. The van der Waals surface area contributed by atoms with Crippen molar-refractivity contribution in [1.29, 1.82) is 0 Å². The van der Waals surface area contributed by atoms with E-state index in [1.165, 1.54) is 37.6 Å². The summed E-state index contributed by atoms with van der Waals surface area (Å²) in [5.74, 6) is 2.64. The van der Waals surface area contributed by atoms with Crippen molar-refractivity contribution in [3.63, 3.8) is 0 Å². The molecular formula is C12H26N2S. The van der Waals surface area contributed by atoms with Gasteiger partial charge in [0.25, 0.3) is 0 Å². The fourth-order valence-corrected chi connectivity index (χ4v) is 3.00. The van der Waals surface area contributed by atoms with Gasteiger partial charge in [-0.15, -0.1) is 0 Å². The minimum Gasteiger partial charge on any atom is -0.316 e. The molecule has 0 aromatic heterocycles. The minimum atomic E-state index is 0.456. The molecule has 1 saturated heterocycles. The molecule has 0 aromatic carbocycles. The summed E-state index contributed by atoms with van der Waals surface area (Å²) in [5.41, 5.74) is 0.456. The molecule has 0 radical (unpaired) electrons. The Labute approximate surface area is 99.2 Å². The molecular weight excluding hydrogens is 204 g/mol. The van der Waals surface area contributed by atoms with Crippen molar-refractivity contribution in [3.8, 4) is 0 Å². The quantitative estimate of drug-likeness (QED) is 0.752. The van der Waals surface area contributed by atoms with Gasteiger partial charge in [-0.25, -0.2) is 0 Å². The van der Waals surface area contributed by atoms with E-state index in [0.29, 0.717) is 5.41 Å². The van der Waals surface area contributed by atoms with E-state index in [4.69, 9.17) is 0 Å². The van der Waals surface area contributed by atoms with E-state index < -0.39 is 0 Å². The molecule has 0 amide bonds. The first-order valence-corrected chi connectivity index (χ1v) is 7.36. The number of nitrogens with zero attached hydrogens (tertiary/aromatic N) is 1. The monoisotopic (exact) mass is 230 g/mol. The Morgan fingerprint density at radius 1 is 1.27 bits per heavy atom. The number of thioether (sulfide) groups is 1. The molecule has 0 bridgehead atoms. The lowest BCUT2D eigenvalue weighted by atomic mass is 9.86. The van der Waals surface area contributed by atoms with Crippen molar-refractivity contribution >= 4 is 11.8 Å². The van der Waals surface area contributed by atoms with Crippen LogP contribution >= 0.6 is 11.8 Å². The molecule has 0 aromatic rings. The summed E-state index contributed by atoms with van der Waals surface area (Å²) in [5, 5.41) is 3.50. The third-order valence-corrected chi connectivity index (χ3v) is 4.31. The zero-order valence-electron chi connectivity index (χ0n) is 10.5. The van der Waals surface area contributed by atoms with Crippen molar-refractivity contribution in [1.82, 2.24) is 10.2 Å². The lowest BCUT2D eigenvalue weighted by Crippen LogP contribution is -2.44. The first-order chi connectivity index (χ1) is 7.20. The highest BCUT2D eigenvalue weighted by molar-refractivity contribution is 7.99. The van der Waals surface area contributed by atoms with Crippen LogP contribution in [-0.2, 0) is 0 Å². The number of hydrogen-bond acceptors (Lipinski definition) is 3. The van der Waals surface area contributed by atoms with E-state index >= 15 is 0 Å². The zero-order chi connectivity index (χ0) is 11.1. The SMILES string of the molecule is CCNCC(C)(CC)CN1CCSCC1. The van der Waals surface area contributed by atoms with Gasteiger partial charge in [-0.2, -0.15) is 11.8 Å². The Morgan fingerprint density at radius 2 is 1.93 bits per heavy atom. The summed E-state index contributed by atoms with van der Waals surface area (Å²) in [4.78, 5) is 2.64. The normalized spacial score (nSPS) is 22.6. The highest BCUT2D eigenvalue weighted by atomic mass is 32.2. The van der Waals surface area contributed by atoms with Gasteiger partial charge in [0.15, 0.2) is 0 Å². The highest BCUT2D eigenvalue weighted by Gasteiger charge is 2.25. The van der Waals surface area contributed by atoms with Crippen LogP contribution in [0.5, 0.6) is 0 Å². The second-order valence-corrected chi connectivity index (χ2v) is 6.06. The van der Waals surface area contributed by atoms with E-state index in [2.05, 4.69) is 42.7 Å². The average molecular weight is 230 g/mol. The molecule has 1 N–H and O–H groups in total. The predicted molar refractivity (Wildman–Crippen MR) is 70.7 cm³/mol. The second-order valence-electron chi connectivity index (χ2n) is 4.83. The van der Waals surface area contributed by atoms with Crippen LogP contribution in [0.2, 0.25) is 0 Å². The summed E-state index contributed by atoms with van der Waals surface area (Å²) < 4.78 is 0. The molecule has 1 unspecified atom stereocenters. The maximum absolute atomic E-state index is 3.50. The van der Waals surface area contributed by atoms with Gasteiger partial charge in [0.05, 0.1) is 0 Å². The van der Waals surface area contributed by atoms with Gasteiger partial charge in [0.1, 0.15) is 0 Å². The lowest BCUT2D eigenvalue weighted by Gasteiger charge is -2.36. The Balaban J connectivity index is 2.35. The lowest BCUT2D eigenvalue weighted by molar-refractivity contribution is 0.166. The van der Waals surface area contributed by atoms with E-state index in [0.717, 1.165) is 13.1 Å². The summed E-state index contributed by atoms with van der Waals surface area (Å²) >= 11 is 2.09. The van der Waals surface area contributed by atoms with Gasteiger partial charge >= 0.3 is 0 Å². The Kier molecular flexibility index (Phi) is 6.02. The largest absolute Gasteiger partial charge is 0.316 e. The van der Waals surface area contributed by atoms with Crippen LogP contribution in [0, 0.1) is 5.41 Å². The molecule has 0 spiro atoms. The summed E-state index contributed by atoms with van der Waals surface area (Å²) in [6, 6.07) is 0. The molecule has 1 atom stereocenters. The Hall–Kier alpha value is 0.270. The van der Waals surface area contributed by atoms with Crippen LogP contribution in [0.25, 0.3) is 0 Å². The first kappa shape index (κ1) is 13.3. The van der Waals surface area contributed by atoms with Gasteiger partial charge in [-0.05, 0) is 18.4 Å². The van der Waals surface area contributed by atoms with Gasteiger partial charge in [0, 0.05) is 37.7 Å². The topological polar surface area (TPSA) is 15.3 Å². The fourth-order valence-electron chi connectivity index (χ4n) is 2.02. The first-order valence-electron chi connectivity index (χ1n) is 6.21.